The first kappa shape index (κ1) is 27.9. The minimum Gasteiger partial charge on any atom is -0.510 e. The van der Waals surface area contributed by atoms with Crippen LogP contribution in [0.2, 0.25) is 0 Å². The number of allylic oxidation sites excluding steroid dienone is 1. The number of rotatable bonds is 4. The lowest BCUT2D eigenvalue weighted by molar-refractivity contribution is -0.148. The lowest BCUT2D eigenvalue weighted by Crippen LogP contribution is -2.63. The zero-order valence-electron chi connectivity index (χ0n) is 23.0. The molecular weight excluding hydrogens is 528 g/mol. The molecule has 1 amide bonds. The van der Waals surface area contributed by atoms with Crippen molar-refractivity contribution >= 4 is 23.2 Å². The fourth-order valence-electron chi connectivity index (χ4n) is 6.64. The van der Waals surface area contributed by atoms with E-state index in [0.29, 0.717) is 27.9 Å². The van der Waals surface area contributed by atoms with Gasteiger partial charge in [0.15, 0.2) is 11.4 Å². The van der Waals surface area contributed by atoms with E-state index >= 15 is 0 Å². The SMILES string of the molecule is CN(C)c1cc(-c2ccc(C#N)cc2)c(O)c2c1CC1CC3C(N(C)C)C(O)=C(C(N)=O)C(=O)C3(O)C(O)=C1C2=O. The van der Waals surface area contributed by atoms with Crippen LogP contribution in [0, 0.1) is 23.2 Å². The molecule has 2 aromatic rings. The molecule has 11 heteroatoms. The predicted molar refractivity (Wildman–Crippen MR) is 148 cm³/mol. The van der Waals surface area contributed by atoms with E-state index in [0.717, 1.165) is 0 Å². The van der Waals surface area contributed by atoms with Crippen LogP contribution in [-0.2, 0) is 16.0 Å². The van der Waals surface area contributed by atoms with Gasteiger partial charge in [-0.3, -0.25) is 19.3 Å². The molecule has 5 rings (SSSR count). The summed E-state index contributed by atoms with van der Waals surface area (Å²) < 4.78 is 0. The molecule has 41 heavy (non-hydrogen) atoms. The van der Waals surface area contributed by atoms with E-state index in [4.69, 9.17) is 11.0 Å². The predicted octanol–water partition coefficient (Wildman–Crippen LogP) is 1.73. The minimum atomic E-state index is -2.70. The quantitative estimate of drug-likeness (QED) is 0.346. The zero-order chi connectivity index (χ0) is 30.1. The molecule has 0 fully saturated rings. The van der Waals surface area contributed by atoms with Gasteiger partial charge in [-0.05, 0) is 62.2 Å². The van der Waals surface area contributed by atoms with Gasteiger partial charge in [0.25, 0.3) is 5.91 Å². The Morgan fingerprint density at radius 3 is 2.27 bits per heavy atom. The number of phenols is 1. The number of phenolic OH excluding ortho intramolecular Hbond substituents is 1. The molecule has 3 aliphatic carbocycles. The number of carbonyl (C=O) groups is 3. The van der Waals surface area contributed by atoms with E-state index in [9.17, 15) is 34.8 Å². The molecule has 0 saturated heterocycles. The second-order valence-corrected chi connectivity index (χ2v) is 11.2. The van der Waals surface area contributed by atoms with Crippen LogP contribution in [0.4, 0.5) is 5.69 Å². The van der Waals surface area contributed by atoms with Gasteiger partial charge in [-0.2, -0.15) is 5.26 Å². The highest BCUT2D eigenvalue weighted by Crippen LogP contribution is 2.54. The van der Waals surface area contributed by atoms with Crippen LogP contribution in [0.3, 0.4) is 0 Å². The summed E-state index contributed by atoms with van der Waals surface area (Å²) >= 11 is 0. The van der Waals surface area contributed by atoms with E-state index < -0.39 is 58.0 Å². The van der Waals surface area contributed by atoms with Gasteiger partial charge >= 0.3 is 0 Å². The number of aliphatic hydroxyl groups excluding tert-OH is 2. The zero-order valence-corrected chi connectivity index (χ0v) is 23.0. The maximum absolute atomic E-state index is 14.1. The molecule has 4 unspecified atom stereocenters. The van der Waals surface area contributed by atoms with E-state index in [1.54, 1.807) is 63.4 Å². The normalized spacial score (nSPS) is 25.4. The van der Waals surface area contributed by atoms with Crippen molar-refractivity contribution in [2.45, 2.75) is 24.5 Å². The van der Waals surface area contributed by atoms with Crippen molar-refractivity contribution in [3.05, 3.63) is 69.7 Å². The summed E-state index contributed by atoms with van der Waals surface area (Å²) in [5, 5.41) is 54.8. The lowest BCUT2D eigenvalue weighted by Gasteiger charge is -2.50. The average Bonchev–Trinajstić information content (AvgIpc) is 2.90. The van der Waals surface area contributed by atoms with Gasteiger partial charge < -0.3 is 31.1 Å². The summed E-state index contributed by atoms with van der Waals surface area (Å²) in [7, 11) is 6.75. The number of nitrogens with zero attached hydrogens (tertiary/aromatic N) is 3. The third-order valence-corrected chi connectivity index (χ3v) is 8.51. The standard InChI is InChI=1S/C30H30N4O7/c1-33(2)19-11-16(14-7-5-13(12-31)6-8-14)24(35)21-17(19)9-15-10-18-23(34(3)4)26(37)22(29(32)40)28(39)30(18,41)27(38)20(15)25(21)36/h5-8,11,15,18,23,35,37-38,41H,9-10H2,1-4H3,(H2,32,40). The number of amides is 1. The number of hydrogen-bond donors (Lipinski definition) is 5. The van der Waals surface area contributed by atoms with Crippen LogP contribution in [0.25, 0.3) is 11.1 Å². The largest absolute Gasteiger partial charge is 0.510 e. The Labute approximate surface area is 236 Å². The first-order chi connectivity index (χ1) is 19.2. The number of nitriles is 1. The van der Waals surface area contributed by atoms with Crippen LogP contribution in [0.5, 0.6) is 5.75 Å². The number of aromatic hydroxyl groups is 1. The Kier molecular flexibility index (Phi) is 6.44. The lowest BCUT2D eigenvalue weighted by atomic mass is 9.58. The van der Waals surface area contributed by atoms with Crippen molar-refractivity contribution < 1.29 is 34.8 Å². The Bertz CT molecular complexity index is 1630. The number of aliphatic hydroxyl groups is 3. The number of hydrogen-bond acceptors (Lipinski definition) is 10. The molecule has 3 aliphatic rings. The number of carbonyl (C=O) groups excluding carboxylic acids is 3. The first-order valence-corrected chi connectivity index (χ1v) is 13.0. The van der Waals surface area contributed by atoms with E-state index in [2.05, 4.69) is 0 Å². The number of primary amides is 1. The Balaban J connectivity index is 1.75. The highest BCUT2D eigenvalue weighted by molar-refractivity contribution is 6.25. The third-order valence-electron chi connectivity index (χ3n) is 8.51. The van der Waals surface area contributed by atoms with Gasteiger partial charge in [0.05, 0.1) is 23.2 Å². The van der Waals surface area contributed by atoms with Crippen molar-refractivity contribution in [2.24, 2.45) is 17.6 Å². The number of ketones is 2. The van der Waals surface area contributed by atoms with Gasteiger partial charge in [-0.25, -0.2) is 0 Å². The molecule has 6 N–H and O–H groups in total. The van der Waals surface area contributed by atoms with Crippen molar-refractivity contribution in [2.75, 3.05) is 33.1 Å². The highest BCUT2D eigenvalue weighted by atomic mass is 16.3. The van der Waals surface area contributed by atoms with Gasteiger partial charge in [-0.1, -0.05) is 12.1 Å². The molecule has 0 heterocycles. The Morgan fingerprint density at radius 2 is 1.73 bits per heavy atom. The number of nitrogens with two attached hydrogens (primary N) is 1. The molecule has 0 aliphatic heterocycles. The molecular formula is C30H30N4O7. The summed E-state index contributed by atoms with van der Waals surface area (Å²) in [5.74, 6) is -6.94. The van der Waals surface area contributed by atoms with Gasteiger partial charge in [0.2, 0.25) is 5.78 Å². The number of Topliss-reactive ketones (excluding diaryl/α,β-unsaturated/α-hetero) is 2. The van der Waals surface area contributed by atoms with Crippen molar-refractivity contribution in [3.8, 4) is 22.9 Å². The second-order valence-electron chi connectivity index (χ2n) is 11.2. The number of anilines is 1. The molecule has 2 aromatic carbocycles. The average molecular weight is 559 g/mol. The van der Waals surface area contributed by atoms with Crippen molar-refractivity contribution in [1.29, 1.82) is 5.26 Å². The van der Waals surface area contributed by atoms with Gasteiger partial charge in [0.1, 0.15) is 22.8 Å². The molecule has 0 radical (unpaired) electrons. The molecule has 0 saturated carbocycles. The van der Waals surface area contributed by atoms with Crippen LogP contribution in [0.15, 0.2) is 53.0 Å². The summed E-state index contributed by atoms with van der Waals surface area (Å²) in [4.78, 5) is 43.1. The van der Waals surface area contributed by atoms with E-state index in [1.807, 2.05) is 6.07 Å². The Hall–Kier alpha value is -4.66. The fourth-order valence-corrected chi connectivity index (χ4v) is 6.64. The smallest absolute Gasteiger partial charge is 0.255 e. The maximum Gasteiger partial charge on any atom is 0.255 e. The second kappa shape index (κ2) is 9.47. The molecule has 0 bridgehead atoms. The molecule has 11 nitrogen and oxygen atoms in total. The number of fused-ring (bicyclic) bond motifs is 3. The van der Waals surface area contributed by atoms with E-state index in [-0.39, 0.29) is 29.7 Å². The third kappa shape index (κ3) is 3.83. The number of likely N-dealkylation sites (N-methyl/N-ethyl adjacent to an activating group) is 1. The van der Waals surface area contributed by atoms with Gasteiger partial charge in [0, 0.05) is 36.8 Å². The monoisotopic (exact) mass is 558 g/mol. The highest BCUT2D eigenvalue weighted by Gasteiger charge is 2.63. The fraction of sp³-hybridized carbons (Fsp3) is 0.333. The molecule has 0 aromatic heterocycles. The summed E-state index contributed by atoms with van der Waals surface area (Å²) in [6.45, 7) is 0. The van der Waals surface area contributed by atoms with Gasteiger partial charge in [-0.15, -0.1) is 0 Å². The molecule has 0 spiro atoms. The van der Waals surface area contributed by atoms with Crippen molar-refractivity contribution in [1.82, 2.24) is 4.90 Å². The molecule has 212 valence electrons. The van der Waals surface area contributed by atoms with E-state index in [1.165, 1.54) is 4.90 Å². The summed E-state index contributed by atoms with van der Waals surface area (Å²) in [5.41, 5.74) is 4.01. The van der Waals surface area contributed by atoms with Crippen molar-refractivity contribution in [3.63, 3.8) is 0 Å². The Morgan fingerprint density at radius 1 is 1.10 bits per heavy atom. The maximum atomic E-state index is 14.1. The summed E-state index contributed by atoms with van der Waals surface area (Å²) in [6.07, 6.45) is 0.194. The minimum absolute atomic E-state index is 0.0107. The topological polar surface area (TPSA) is 188 Å². The van der Waals surface area contributed by atoms with Crippen LogP contribution in [0.1, 0.15) is 27.9 Å². The molecule has 4 atom stereocenters. The van der Waals surface area contributed by atoms with Crippen LogP contribution >= 0.6 is 0 Å². The number of benzene rings is 2. The summed E-state index contributed by atoms with van der Waals surface area (Å²) in [6, 6.07) is 9.19. The van der Waals surface area contributed by atoms with Crippen LogP contribution in [-0.4, -0.2) is 82.6 Å². The van der Waals surface area contributed by atoms with Crippen LogP contribution < -0.4 is 10.6 Å². The first-order valence-electron chi connectivity index (χ1n) is 13.0.